The molecule has 4 nitrogen and oxygen atoms in total. The first-order valence-electron chi connectivity index (χ1n) is 6.31. The van der Waals surface area contributed by atoms with Crippen LogP contribution in [0.5, 0.6) is 5.88 Å². The number of hydrogen-bond donors (Lipinski definition) is 1. The number of pyridine rings is 1. The van der Waals surface area contributed by atoms with Crippen molar-refractivity contribution in [1.29, 1.82) is 0 Å². The van der Waals surface area contributed by atoms with Crippen LogP contribution in [0.15, 0.2) is 18.3 Å². The number of ether oxygens (including phenoxy) is 1. The Bertz CT molecular complexity index is 417. The van der Waals surface area contributed by atoms with E-state index >= 15 is 0 Å². The minimum Gasteiger partial charge on any atom is -0.474 e. The van der Waals surface area contributed by atoms with Crippen LogP contribution >= 0.6 is 23.2 Å². The van der Waals surface area contributed by atoms with Gasteiger partial charge in [0.05, 0.1) is 5.02 Å². The SMILES string of the molecule is O=C(CCl)NC1CCC(Oc2ccc(Cl)cn2)CC1. The van der Waals surface area contributed by atoms with E-state index < -0.39 is 0 Å². The van der Waals surface area contributed by atoms with Crippen molar-refractivity contribution in [3.63, 3.8) is 0 Å². The Labute approximate surface area is 122 Å². The molecule has 1 saturated carbocycles. The molecule has 0 radical (unpaired) electrons. The molecule has 6 heteroatoms. The molecule has 19 heavy (non-hydrogen) atoms. The highest BCUT2D eigenvalue weighted by atomic mass is 35.5. The largest absolute Gasteiger partial charge is 0.474 e. The van der Waals surface area contributed by atoms with Gasteiger partial charge in [-0.25, -0.2) is 4.98 Å². The van der Waals surface area contributed by atoms with E-state index in [2.05, 4.69) is 10.3 Å². The summed E-state index contributed by atoms with van der Waals surface area (Å²) in [4.78, 5) is 15.3. The van der Waals surface area contributed by atoms with E-state index in [1.807, 2.05) is 0 Å². The Morgan fingerprint density at radius 2 is 2.11 bits per heavy atom. The summed E-state index contributed by atoms with van der Waals surface area (Å²) in [6.45, 7) is 0. The van der Waals surface area contributed by atoms with Crippen LogP contribution in [0.4, 0.5) is 0 Å². The van der Waals surface area contributed by atoms with Crippen molar-refractivity contribution in [2.75, 3.05) is 5.88 Å². The molecule has 0 bridgehead atoms. The van der Waals surface area contributed by atoms with Crippen LogP contribution in [0.1, 0.15) is 25.7 Å². The number of alkyl halides is 1. The number of nitrogens with zero attached hydrogens (tertiary/aromatic N) is 1. The van der Waals surface area contributed by atoms with Crippen LogP contribution in [-0.4, -0.2) is 28.9 Å². The number of carbonyl (C=O) groups is 1. The lowest BCUT2D eigenvalue weighted by Gasteiger charge is -2.29. The summed E-state index contributed by atoms with van der Waals surface area (Å²) in [5, 5.41) is 3.50. The van der Waals surface area contributed by atoms with Crippen LogP contribution in [0.2, 0.25) is 5.02 Å². The van der Waals surface area contributed by atoms with Gasteiger partial charge in [0.15, 0.2) is 0 Å². The molecule has 0 atom stereocenters. The van der Waals surface area contributed by atoms with E-state index in [0.717, 1.165) is 25.7 Å². The summed E-state index contributed by atoms with van der Waals surface area (Å²) in [6.07, 6.45) is 5.33. The van der Waals surface area contributed by atoms with Crippen molar-refractivity contribution in [2.24, 2.45) is 0 Å². The van der Waals surface area contributed by atoms with Gasteiger partial charge >= 0.3 is 0 Å². The van der Waals surface area contributed by atoms with Crippen molar-refractivity contribution in [2.45, 2.75) is 37.8 Å². The highest BCUT2D eigenvalue weighted by Crippen LogP contribution is 2.23. The van der Waals surface area contributed by atoms with Gasteiger partial charge in [0.25, 0.3) is 0 Å². The number of amides is 1. The van der Waals surface area contributed by atoms with Crippen LogP contribution in [-0.2, 0) is 4.79 Å². The summed E-state index contributed by atoms with van der Waals surface area (Å²) in [6, 6.07) is 3.74. The molecule has 0 aliphatic heterocycles. The molecule has 1 aliphatic carbocycles. The molecule has 0 unspecified atom stereocenters. The first kappa shape index (κ1) is 14.4. The predicted molar refractivity (Wildman–Crippen MR) is 74.8 cm³/mol. The second kappa shape index (κ2) is 6.96. The van der Waals surface area contributed by atoms with Crippen molar-refractivity contribution in [3.05, 3.63) is 23.4 Å². The van der Waals surface area contributed by atoms with Gasteiger partial charge in [-0.1, -0.05) is 11.6 Å². The smallest absolute Gasteiger partial charge is 0.235 e. The Morgan fingerprint density at radius 1 is 1.37 bits per heavy atom. The molecule has 1 heterocycles. The van der Waals surface area contributed by atoms with Crippen LogP contribution < -0.4 is 10.1 Å². The molecular weight excluding hydrogens is 287 g/mol. The average molecular weight is 303 g/mol. The van der Waals surface area contributed by atoms with Gasteiger partial charge in [-0.2, -0.15) is 0 Å². The van der Waals surface area contributed by atoms with Gasteiger partial charge in [0, 0.05) is 18.3 Å². The second-order valence-electron chi connectivity index (χ2n) is 4.61. The van der Waals surface area contributed by atoms with E-state index in [0.29, 0.717) is 10.9 Å². The van der Waals surface area contributed by atoms with Gasteiger partial charge in [0.1, 0.15) is 12.0 Å². The van der Waals surface area contributed by atoms with Crippen LogP contribution in [0, 0.1) is 0 Å². The fraction of sp³-hybridized carbons (Fsp3) is 0.538. The van der Waals surface area contributed by atoms with Crippen molar-refractivity contribution in [3.8, 4) is 5.88 Å². The fourth-order valence-corrected chi connectivity index (χ4v) is 2.38. The zero-order chi connectivity index (χ0) is 13.7. The topological polar surface area (TPSA) is 51.2 Å². The quantitative estimate of drug-likeness (QED) is 0.870. The minimum absolute atomic E-state index is 0.0190. The summed E-state index contributed by atoms with van der Waals surface area (Å²) in [5.74, 6) is 0.508. The van der Waals surface area contributed by atoms with Gasteiger partial charge in [0.2, 0.25) is 11.8 Å². The number of carbonyl (C=O) groups excluding carboxylic acids is 1. The molecular formula is C13H16Cl2N2O2. The van der Waals surface area contributed by atoms with Crippen molar-refractivity contribution < 1.29 is 9.53 Å². The minimum atomic E-state index is -0.106. The maximum Gasteiger partial charge on any atom is 0.235 e. The Morgan fingerprint density at radius 3 is 2.68 bits per heavy atom. The third-order valence-corrected chi connectivity index (χ3v) is 3.61. The molecule has 1 amide bonds. The van der Waals surface area contributed by atoms with E-state index in [9.17, 15) is 4.79 Å². The van der Waals surface area contributed by atoms with Gasteiger partial charge in [-0.15, -0.1) is 11.6 Å². The molecule has 1 aromatic heterocycles. The maximum atomic E-state index is 11.2. The fourth-order valence-electron chi connectivity index (χ4n) is 2.19. The summed E-state index contributed by atoms with van der Waals surface area (Å²) < 4.78 is 5.78. The van der Waals surface area contributed by atoms with Gasteiger partial charge < -0.3 is 10.1 Å². The molecule has 2 rings (SSSR count). The van der Waals surface area contributed by atoms with E-state index in [1.54, 1.807) is 18.3 Å². The standard InChI is InChI=1S/C13H16Cl2N2O2/c14-7-12(18)17-10-2-4-11(5-3-10)19-13-6-1-9(15)8-16-13/h1,6,8,10-11H,2-5,7H2,(H,17,18). The van der Waals surface area contributed by atoms with Gasteiger partial charge in [-0.05, 0) is 31.7 Å². The number of halogens is 2. The highest BCUT2D eigenvalue weighted by molar-refractivity contribution is 6.30. The molecule has 1 aliphatic rings. The van der Waals surface area contributed by atoms with Crippen molar-refractivity contribution >= 4 is 29.1 Å². The molecule has 0 saturated heterocycles. The molecule has 1 aromatic rings. The predicted octanol–water partition coefficient (Wildman–Crippen LogP) is 2.78. The van der Waals surface area contributed by atoms with E-state index in [1.165, 1.54) is 0 Å². The average Bonchev–Trinajstić information content (AvgIpc) is 2.43. The second-order valence-corrected chi connectivity index (χ2v) is 5.31. The Hall–Kier alpha value is -1.00. The lowest BCUT2D eigenvalue weighted by molar-refractivity contribution is -0.119. The molecule has 0 spiro atoms. The lowest BCUT2D eigenvalue weighted by Crippen LogP contribution is -2.40. The molecule has 1 N–H and O–H groups in total. The first-order valence-corrected chi connectivity index (χ1v) is 7.22. The van der Waals surface area contributed by atoms with E-state index in [-0.39, 0.29) is 23.9 Å². The Balaban J connectivity index is 1.77. The summed E-state index contributed by atoms with van der Waals surface area (Å²) in [7, 11) is 0. The number of rotatable bonds is 4. The molecule has 104 valence electrons. The summed E-state index contributed by atoms with van der Waals surface area (Å²) >= 11 is 11.2. The third kappa shape index (κ3) is 4.55. The maximum absolute atomic E-state index is 11.2. The third-order valence-electron chi connectivity index (χ3n) is 3.15. The Kier molecular flexibility index (Phi) is 5.28. The lowest BCUT2D eigenvalue weighted by atomic mass is 9.93. The zero-order valence-electron chi connectivity index (χ0n) is 10.4. The molecule has 1 fully saturated rings. The van der Waals surface area contributed by atoms with Crippen molar-refractivity contribution in [1.82, 2.24) is 10.3 Å². The summed E-state index contributed by atoms with van der Waals surface area (Å²) in [5.41, 5.74) is 0. The first-order chi connectivity index (χ1) is 9.17. The van der Waals surface area contributed by atoms with Crippen LogP contribution in [0.25, 0.3) is 0 Å². The monoisotopic (exact) mass is 302 g/mol. The normalized spacial score (nSPS) is 22.8. The van der Waals surface area contributed by atoms with Crippen LogP contribution in [0.3, 0.4) is 0 Å². The van der Waals surface area contributed by atoms with Gasteiger partial charge in [-0.3, -0.25) is 4.79 Å². The molecule has 0 aromatic carbocycles. The number of hydrogen-bond acceptors (Lipinski definition) is 3. The zero-order valence-corrected chi connectivity index (χ0v) is 12.0. The number of nitrogens with one attached hydrogen (secondary N) is 1. The van der Waals surface area contributed by atoms with E-state index in [4.69, 9.17) is 27.9 Å². The number of aromatic nitrogens is 1. The highest BCUT2D eigenvalue weighted by Gasteiger charge is 2.23.